The number of carbonyl (C=O) groups is 2. The molecule has 1 unspecified atom stereocenters. The van der Waals surface area contributed by atoms with Crippen LogP contribution in [0.3, 0.4) is 0 Å². The normalized spacial score (nSPS) is 14.2. The van der Waals surface area contributed by atoms with Crippen LogP contribution in [0.5, 0.6) is 0 Å². The van der Waals surface area contributed by atoms with Crippen LogP contribution in [-0.4, -0.2) is 23.7 Å². The summed E-state index contributed by atoms with van der Waals surface area (Å²) in [6.45, 7) is 8.09. The van der Waals surface area contributed by atoms with Crippen molar-refractivity contribution in [1.82, 2.24) is 0 Å². The van der Waals surface area contributed by atoms with E-state index < -0.39 is 17.4 Å². The van der Waals surface area contributed by atoms with Gasteiger partial charge in [0.25, 0.3) is 0 Å². The maximum Gasteiger partial charge on any atom is 0.333 e. The van der Waals surface area contributed by atoms with E-state index >= 15 is 0 Å². The molecule has 0 aliphatic rings. The average Bonchev–Trinajstić information content (AvgIpc) is 2.12. The van der Waals surface area contributed by atoms with Crippen LogP contribution in [0.2, 0.25) is 0 Å². The van der Waals surface area contributed by atoms with E-state index in [0.717, 1.165) is 0 Å². The molecule has 0 aliphatic heterocycles. The molecule has 4 heteroatoms. The quantitative estimate of drug-likeness (QED) is 0.541. The number of hydrogen-bond acceptors (Lipinski definition) is 3. The number of carboxylic acids is 1. The maximum absolute atomic E-state index is 11.0. The van der Waals surface area contributed by atoms with Crippen molar-refractivity contribution in [2.24, 2.45) is 5.41 Å². The average molecular weight is 200 g/mol. The van der Waals surface area contributed by atoms with Gasteiger partial charge in [0.1, 0.15) is 6.61 Å². The van der Waals surface area contributed by atoms with Gasteiger partial charge in [-0.1, -0.05) is 13.5 Å². The molecule has 0 spiro atoms. The van der Waals surface area contributed by atoms with E-state index in [4.69, 9.17) is 9.84 Å². The van der Waals surface area contributed by atoms with Crippen molar-refractivity contribution in [1.29, 1.82) is 0 Å². The molecule has 0 aromatic carbocycles. The Morgan fingerprint density at radius 2 is 2.00 bits per heavy atom. The second-order valence-corrected chi connectivity index (χ2v) is 3.58. The minimum Gasteiger partial charge on any atom is -0.481 e. The fourth-order valence-corrected chi connectivity index (χ4v) is 0.663. The molecule has 4 nitrogen and oxygen atoms in total. The molecule has 0 amide bonds. The smallest absolute Gasteiger partial charge is 0.333 e. The lowest BCUT2D eigenvalue weighted by Gasteiger charge is -2.22. The van der Waals surface area contributed by atoms with Crippen LogP contribution in [0.1, 0.15) is 27.2 Å². The summed E-state index contributed by atoms with van der Waals surface area (Å²) < 4.78 is 4.80. The van der Waals surface area contributed by atoms with Gasteiger partial charge in [-0.15, -0.1) is 0 Å². The molecule has 1 N–H and O–H groups in total. The zero-order chi connectivity index (χ0) is 11.4. The molecule has 0 bridgehead atoms. The van der Waals surface area contributed by atoms with Crippen LogP contribution in [-0.2, 0) is 14.3 Å². The first-order chi connectivity index (χ1) is 6.33. The Kier molecular flexibility index (Phi) is 4.34. The van der Waals surface area contributed by atoms with E-state index in [1.807, 2.05) is 0 Å². The largest absolute Gasteiger partial charge is 0.481 e. The first kappa shape index (κ1) is 12.7. The summed E-state index contributed by atoms with van der Waals surface area (Å²) in [5, 5.41) is 8.87. The second-order valence-electron chi connectivity index (χ2n) is 3.58. The summed E-state index contributed by atoms with van der Waals surface area (Å²) in [6, 6.07) is 0. The Labute approximate surface area is 83.6 Å². The fourth-order valence-electron chi connectivity index (χ4n) is 0.663. The summed E-state index contributed by atoms with van der Waals surface area (Å²) in [7, 11) is 0. The molecule has 0 saturated heterocycles. The highest BCUT2D eigenvalue weighted by Crippen LogP contribution is 2.21. The number of hydrogen-bond donors (Lipinski definition) is 1. The SMILES string of the molecule is C=C(C)C(=O)OCC(C)(CC)C(=O)O. The van der Waals surface area contributed by atoms with Gasteiger partial charge in [-0.3, -0.25) is 4.79 Å². The molecule has 1 atom stereocenters. The molecule has 0 aromatic heterocycles. The van der Waals surface area contributed by atoms with Crippen LogP contribution in [0.15, 0.2) is 12.2 Å². The standard InChI is InChI=1S/C10H16O4/c1-5-10(4,9(12)13)6-14-8(11)7(2)3/h2,5-6H2,1,3-4H3,(H,12,13). The summed E-state index contributed by atoms with van der Waals surface area (Å²) in [4.78, 5) is 21.8. The van der Waals surface area contributed by atoms with E-state index in [1.54, 1.807) is 13.8 Å². The van der Waals surface area contributed by atoms with Crippen LogP contribution < -0.4 is 0 Å². The number of rotatable bonds is 5. The Hall–Kier alpha value is -1.32. The van der Waals surface area contributed by atoms with Crippen molar-refractivity contribution in [2.45, 2.75) is 27.2 Å². The zero-order valence-electron chi connectivity index (χ0n) is 8.79. The molecule has 0 radical (unpaired) electrons. The third-order valence-electron chi connectivity index (χ3n) is 2.17. The zero-order valence-corrected chi connectivity index (χ0v) is 8.79. The fraction of sp³-hybridized carbons (Fsp3) is 0.600. The van der Waals surface area contributed by atoms with Crippen LogP contribution in [0, 0.1) is 5.41 Å². The van der Waals surface area contributed by atoms with Crippen molar-refractivity contribution >= 4 is 11.9 Å². The van der Waals surface area contributed by atoms with Gasteiger partial charge in [0.15, 0.2) is 0 Å². The molecular weight excluding hydrogens is 184 g/mol. The first-order valence-electron chi connectivity index (χ1n) is 4.39. The Balaban J connectivity index is 4.29. The van der Waals surface area contributed by atoms with E-state index in [-0.39, 0.29) is 12.2 Å². The van der Waals surface area contributed by atoms with E-state index in [9.17, 15) is 9.59 Å². The van der Waals surface area contributed by atoms with Crippen molar-refractivity contribution in [2.75, 3.05) is 6.61 Å². The van der Waals surface area contributed by atoms with Gasteiger partial charge >= 0.3 is 11.9 Å². The Bertz CT molecular complexity index is 257. The van der Waals surface area contributed by atoms with Crippen LogP contribution in [0.4, 0.5) is 0 Å². The van der Waals surface area contributed by atoms with E-state index in [1.165, 1.54) is 6.92 Å². The monoisotopic (exact) mass is 200 g/mol. The topological polar surface area (TPSA) is 63.6 Å². The van der Waals surface area contributed by atoms with Crippen molar-refractivity contribution in [3.05, 3.63) is 12.2 Å². The van der Waals surface area contributed by atoms with Gasteiger partial charge in [-0.05, 0) is 20.3 Å². The highest BCUT2D eigenvalue weighted by Gasteiger charge is 2.32. The number of esters is 1. The summed E-state index contributed by atoms with van der Waals surface area (Å²) in [5.74, 6) is -1.51. The summed E-state index contributed by atoms with van der Waals surface area (Å²) in [5.41, 5.74) is -0.737. The number of ether oxygens (including phenoxy) is 1. The van der Waals surface area contributed by atoms with Gasteiger partial charge in [-0.25, -0.2) is 4.79 Å². The third-order valence-corrected chi connectivity index (χ3v) is 2.17. The predicted octanol–water partition coefficient (Wildman–Crippen LogP) is 1.61. The van der Waals surface area contributed by atoms with Crippen LogP contribution in [0.25, 0.3) is 0 Å². The minimum absolute atomic E-state index is 0.121. The second kappa shape index (κ2) is 4.79. The molecular formula is C10H16O4. The Morgan fingerprint density at radius 3 is 2.29 bits per heavy atom. The van der Waals surface area contributed by atoms with E-state index in [2.05, 4.69) is 6.58 Å². The molecule has 80 valence electrons. The Morgan fingerprint density at radius 1 is 1.50 bits per heavy atom. The summed E-state index contributed by atoms with van der Waals surface area (Å²) >= 11 is 0. The number of carboxylic acid groups (broad SMARTS) is 1. The van der Waals surface area contributed by atoms with Gasteiger partial charge < -0.3 is 9.84 Å². The summed E-state index contributed by atoms with van der Waals surface area (Å²) in [6.07, 6.45) is 0.409. The maximum atomic E-state index is 11.0. The van der Waals surface area contributed by atoms with Crippen molar-refractivity contribution < 1.29 is 19.4 Å². The van der Waals surface area contributed by atoms with Crippen molar-refractivity contribution in [3.63, 3.8) is 0 Å². The highest BCUT2D eigenvalue weighted by molar-refractivity contribution is 5.87. The predicted molar refractivity (Wildman–Crippen MR) is 51.8 cm³/mol. The lowest BCUT2D eigenvalue weighted by atomic mass is 9.89. The van der Waals surface area contributed by atoms with Gasteiger partial charge in [0, 0.05) is 5.57 Å². The van der Waals surface area contributed by atoms with Gasteiger partial charge in [0.2, 0.25) is 0 Å². The van der Waals surface area contributed by atoms with Crippen molar-refractivity contribution in [3.8, 4) is 0 Å². The molecule has 0 rings (SSSR count). The highest BCUT2D eigenvalue weighted by atomic mass is 16.5. The first-order valence-corrected chi connectivity index (χ1v) is 4.39. The molecule has 0 fully saturated rings. The molecule has 0 heterocycles. The molecule has 0 saturated carbocycles. The number of carbonyl (C=O) groups excluding carboxylic acids is 1. The van der Waals surface area contributed by atoms with Gasteiger partial charge in [0.05, 0.1) is 5.41 Å². The lowest BCUT2D eigenvalue weighted by molar-refractivity contribution is -0.156. The third kappa shape index (κ3) is 3.20. The minimum atomic E-state index is -1.01. The van der Waals surface area contributed by atoms with Gasteiger partial charge in [-0.2, -0.15) is 0 Å². The number of aliphatic carboxylic acids is 1. The van der Waals surface area contributed by atoms with Crippen LogP contribution >= 0.6 is 0 Å². The lowest BCUT2D eigenvalue weighted by Crippen LogP contribution is -2.33. The molecule has 0 aliphatic carbocycles. The molecule has 14 heavy (non-hydrogen) atoms. The molecule has 0 aromatic rings. The van der Waals surface area contributed by atoms with E-state index in [0.29, 0.717) is 6.42 Å².